The molecular weight excluding hydrogens is 773 g/mol. The molecule has 0 aliphatic heterocycles. The van der Waals surface area contributed by atoms with Gasteiger partial charge in [-0.1, -0.05) is 106 Å². The van der Waals surface area contributed by atoms with Crippen molar-refractivity contribution in [3.8, 4) is 33.6 Å². The van der Waals surface area contributed by atoms with Gasteiger partial charge in [-0.15, -0.1) is 59.7 Å². The van der Waals surface area contributed by atoms with Crippen LogP contribution in [-0.2, 0) is 25.5 Å². The predicted molar refractivity (Wildman–Crippen MR) is 197 cm³/mol. The minimum Gasteiger partial charge on any atom is -0.305 e. The van der Waals surface area contributed by atoms with Crippen LogP contribution in [0.5, 0.6) is 0 Å². The summed E-state index contributed by atoms with van der Waals surface area (Å²) >= 11 is 1.83. The van der Waals surface area contributed by atoms with Crippen molar-refractivity contribution in [1.82, 2.24) is 9.97 Å². The maximum atomic E-state index is 4.65. The molecule has 4 aromatic carbocycles. The van der Waals surface area contributed by atoms with Crippen LogP contribution in [0, 0.1) is 12.1 Å². The molecule has 7 rings (SSSR count). The normalized spacial score (nSPS) is 11.5. The Kier molecular flexibility index (Phi) is 10.2. The summed E-state index contributed by atoms with van der Waals surface area (Å²) in [6.07, 6.45) is 3.93. The van der Waals surface area contributed by atoms with Gasteiger partial charge in [-0.2, -0.15) is 11.3 Å². The molecule has 0 bridgehead atoms. The molecule has 0 spiro atoms. The second kappa shape index (κ2) is 13.9. The van der Waals surface area contributed by atoms with Crippen molar-refractivity contribution in [2.45, 2.75) is 45.8 Å². The molecule has 0 aliphatic rings. The maximum absolute atomic E-state index is 4.65. The fourth-order valence-corrected chi connectivity index (χ4v) is 7.50. The van der Waals surface area contributed by atoms with Crippen molar-refractivity contribution < 1.29 is 20.1 Å². The Morgan fingerprint density at radius 3 is 2.15 bits per heavy atom. The third kappa shape index (κ3) is 7.45. The number of nitrogens with zero attached hydrogens (tertiary/aromatic N) is 2. The third-order valence-corrected chi connectivity index (χ3v) is 11.2. The average molecular weight is 811 g/mol. The number of thiophene rings is 1. The molecule has 0 fully saturated rings. The zero-order chi connectivity index (χ0) is 31.6. The Morgan fingerprint density at radius 1 is 0.696 bits per heavy atom. The molecular formula is C41H38IrN2SSi-2. The van der Waals surface area contributed by atoms with E-state index < -0.39 is 8.07 Å². The van der Waals surface area contributed by atoms with Gasteiger partial charge in [0.25, 0.3) is 0 Å². The quantitative estimate of drug-likeness (QED) is 0.131. The predicted octanol–water partition coefficient (Wildman–Crippen LogP) is 11.0. The molecule has 46 heavy (non-hydrogen) atoms. The number of pyridine rings is 2. The molecule has 2 nitrogen and oxygen atoms in total. The molecule has 0 atom stereocenters. The number of rotatable bonds is 4. The smallest absolute Gasteiger partial charge is 0.0795 e. The second-order valence-electron chi connectivity index (χ2n) is 13.4. The van der Waals surface area contributed by atoms with Crippen molar-refractivity contribution in [2.75, 3.05) is 0 Å². The first-order chi connectivity index (χ1) is 21.6. The van der Waals surface area contributed by atoms with E-state index in [1.54, 1.807) is 0 Å². The Labute approximate surface area is 292 Å². The molecule has 0 N–H and O–H groups in total. The first kappa shape index (κ1) is 33.6. The molecule has 1 radical (unpaired) electrons. The number of fused-ring (bicyclic) bond motifs is 3. The Hall–Kier alpha value is -3.73. The summed E-state index contributed by atoms with van der Waals surface area (Å²) in [7, 11) is -1.23. The molecule has 0 aliphatic carbocycles. The van der Waals surface area contributed by atoms with E-state index in [-0.39, 0.29) is 25.5 Å². The second-order valence-corrected chi connectivity index (χ2v) is 19.6. The number of benzene rings is 4. The van der Waals surface area contributed by atoms with Gasteiger partial charge in [-0.25, -0.2) is 0 Å². The summed E-state index contributed by atoms with van der Waals surface area (Å²) in [5.74, 6) is 0. The van der Waals surface area contributed by atoms with E-state index in [9.17, 15) is 0 Å². The van der Waals surface area contributed by atoms with Crippen LogP contribution in [0.3, 0.4) is 0 Å². The Balaban J connectivity index is 0.000000209. The van der Waals surface area contributed by atoms with Gasteiger partial charge in [-0.3, -0.25) is 0 Å². The monoisotopic (exact) mass is 811 g/mol. The molecule has 7 aromatic rings. The largest absolute Gasteiger partial charge is 0.305 e. The van der Waals surface area contributed by atoms with Gasteiger partial charge in [0.15, 0.2) is 0 Å². The van der Waals surface area contributed by atoms with Gasteiger partial charge < -0.3 is 9.97 Å². The summed E-state index contributed by atoms with van der Waals surface area (Å²) < 4.78 is 2.57. The van der Waals surface area contributed by atoms with Crippen LogP contribution < -0.4 is 5.19 Å². The summed E-state index contributed by atoms with van der Waals surface area (Å²) in [6, 6.07) is 44.8. The summed E-state index contributed by atoms with van der Waals surface area (Å²) in [4.78, 5) is 9.17. The summed E-state index contributed by atoms with van der Waals surface area (Å²) in [5.41, 5.74) is 8.01. The third-order valence-electron chi connectivity index (χ3n) is 8.03. The van der Waals surface area contributed by atoms with Gasteiger partial charge in [0.1, 0.15) is 0 Å². The van der Waals surface area contributed by atoms with Crippen molar-refractivity contribution >= 4 is 44.8 Å². The van der Waals surface area contributed by atoms with Crippen LogP contribution in [-0.4, -0.2) is 18.0 Å². The van der Waals surface area contributed by atoms with E-state index in [2.05, 4.69) is 147 Å². The SMILES string of the molecule is CC(C)(C)c1ccnc(-c2[c-]cc3sc4cccc(-c5ccccc5)c4c3c2)c1.C[Si](C)(C)c1ccc(-c2[c-]cccc2)nc1.[Ir]. The molecule has 3 aromatic heterocycles. The number of hydrogen-bond donors (Lipinski definition) is 0. The fourth-order valence-electron chi connectivity index (χ4n) is 5.37. The van der Waals surface area contributed by atoms with Gasteiger partial charge >= 0.3 is 0 Å². The molecule has 0 saturated carbocycles. The van der Waals surface area contributed by atoms with Gasteiger partial charge in [0, 0.05) is 37.2 Å². The first-order valence-corrected chi connectivity index (χ1v) is 19.7. The van der Waals surface area contributed by atoms with Crippen molar-refractivity contribution in [1.29, 1.82) is 0 Å². The number of aromatic nitrogens is 2. The van der Waals surface area contributed by atoms with E-state index in [1.165, 1.54) is 42.0 Å². The van der Waals surface area contributed by atoms with Gasteiger partial charge in [-0.05, 0) is 60.9 Å². The molecule has 0 amide bonds. The summed E-state index contributed by atoms with van der Waals surface area (Å²) in [5, 5.41) is 3.99. The van der Waals surface area contributed by atoms with Crippen molar-refractivity contribution in [3.05, 3.63) is 139 Å². The zero-order valence-corrected chi connectivity index (χ0v) is 31.4. The molecule has 5 heteroatoms. The van der Waals surface area contributed by atoms with Crippen LogP contribution in [0.2, 0.25) is 19.6 Å². The first-order valence-electron chi connectivity index (χ1n) is 15.4. The molecule has 3 heterocycles. The minimum atomic E-state index is -1.23. The molecule has 0 unspecified atom stereocenters. The Morgan fingerprint density at radius 2 is 1.48 bits per heavy atom. The van der Waals surface area contributed by atoms with Crippen LogP contribution in [0.1, 0.15) is 26.3 Å². The molecule has 233 valence electrons. The van der Waals surface area contributed by atoms with Crippen LogP contribution in [0.15, 0.2) is 122 Å². The fraction of sp³-hybridized carbons (Fsp3) is 0.171. The van der Waals surface area contributed by atoms with Crippen LogP contribution in [0.4, 0.5) is 0 Å². The average Bonchev–Trinajstić information content (AvgIpc) is 3.43. The minimum absolute atomic E-state index is 0. The number of hydrogen-bond acceptors (Lipinski definition) is 3. The van der Waals surface area contributed by atoms with Gasteiger partial charge in [0.2, 0.25) is 0 Å². The standard InChI is InChI=1S/C27H22NS.C14H16NSi.Ir/c1-27(2,3)20-14-15-28-23(17-20)19-12-13-24-22(16-19)26-21(10-7-11-25(26)29-24)18-8-5-4-6-9-18;1-16(2,3)13-9-10-14(15-11-13)12-7-5-4-6-8-12;/h4-11,13-17H,1-3H3;4-7,9-11H,1-3H3;/q2*-1;. The van der Waals surface area contributed by atoms with E-state index in [1.807, 2.05) is 48.0 Å². The van der Waals surface area contributed by atoms with Gasteiger partial charge in [0.05, 0.1) is 8.07 Å². The topological polar surface area (TPSA) is 25.8 Å². The van der Waals surface area contributed by atoms with Crippen molar-refractivity contribution in [2.24, 2.45) is 0 Å². The van der Waals surface area contributed by atoms with E-state index in [4.69, 9.17) is 0 Å². The zero-order valence-electron chi connectivity index (χ0n) is 27.2. The summed E-state index contributed by atoms with van der Waals surface area (Å²) in [6.45, 7) is 13.7. The van der Waals surface area contributed by atoms with Crippen LogP contribution in [0.25, 0.3) is 53.8 Å². The molecule has 0 saturated heterocycles. The van der Waals surface area contributed by atoms with Crippen molar-refractivity contribution in [3.63, 3.8) is 0 Å². The Bertz CT molecular complexity index is 2060. The van der Waals surface area contributed by atoms with E-state index >= 15 is 0 Å². The van der Waals surface area contributed by atoms with Crippen LogP contribution >= 0.6 is 11.3 Å². The maximum Gasteiger partial charge on any atom is 0.0795 e. The van der Waals surface area contributed by atoms with E-state index in [0.717, 1.165) is 22.5 Å². The van der Waals surface area contributed by atoms with E-state index in [0.29, 0.717) is 0 Å².